The zero-order chi connectivity index (χ0) is 15.8. The average Bonchev–Trinajstić information content (AvgIpc) is 3.17. The van der Waals surface area contributed by atoms with Crippen molar-refractivity contribution in [3.63, 3.8) is 0 Å². The minimum atomic E-state index is -2.56. The first-order valence-electron chi connectivity index (χ1n) is 8.27. The second kappa shape index (κ2) is 4.23. The van der Waals surface area contributed by atoms with E-state index in [9.17, 15) is 14.6 Å². The molecule has 2 bridgehead atoms. The van der Waals surface area contributed by atoms with Gasteiger partial charge in [0, 0.05) is 13.0 Å². The predicted octanol–water partition coefficient (Wildman–Crippen LogP) is 0.332. The van der Waals surface area contributed by atoms with Gasteiger partial charge >= 0.3 is 6.69 Å². The van der Waals surface area contributed by atoms with E-state index >= 15 is 0 Å². The topological polar surface area (TPSA) is 76.1 Å². The summed E-state index contributed by atoms with van der Waals surface area (Å²) < 4.78 is 11.5. The maximum absolute atomic E-state index is 12.3. The summed E-state index contributed by atoms with van der Waals surface area (Å²) in [4.78, 5) is 24.6. The van der Waals surface area contributed by atoms with Crippen LogP contribution < -0.4 is 0 Å². The number of nitrogens with zero attached hydrogens (tertiary/aromatic N) is 1. The van der Waals surface area contributed by atoms with Gasteiger partial charge in [0.1, 0.15) is 6.54 Å². The number of carbonyl (C=O) groups excluding carboxylic acids is 2. The fourth-order valence-electron chi connectivity index (χ4n) is 5.23. The number of carbonyl (C=O) groups is 2. The third kappa shape index (κ3) is 1.55. The third-order valence-electron chi connectivity index (χ3n) is 6.28. The molecule has 0 saturated carbocycles. The van der Waals surface area contributed by atoms with Gasteiger partial charge in [-0.3, -0.25) is 9.59 Å². The normalized spacial score (nSPS) is 47.3. The van der Waals surface area contributed by atoms with E-state index in [0.717, 1.165) is 18.4 Å². The molecular weight excluding hydrogens is 297 g/mol. The van der Waals surface area contributed by atoms with E-state index in [1.165, 1.54) is 0 Å². The zero-order valence-corrected chi connectivity index (χ0v) is 12.6. The van der Waals surface area contributed by atoms with Crippen molar-refractivity contribution in [3.8, 4) is 0 Å². The van der Waals surface area contributed by atoms with Crippen LogP contribution in [0.15, 0.2) is 30.3 Å². The van der Waals surface area contributed by atoms with E-state index in [-0.39, 0.29) is 28.9 Å². The van der Waals surface area contributed by atoms with Gasteiger partial charge in [0.15, 0.2) is 5.92 Å². The molecule has 4 aliphatic rings. The summed E-state index contributed by atoms with van der Waals surface area (Å²) in [5.41, 5.74) is 0.963. The van der Waals surface area contributed by atoms with Crippen molar-refractivity contribution in [2.24, 2.45) is 5.92 Å². The first kappa shape index (κ1) is 13.7. The van der Waals surface area contributed by atoms with Crippen molar-refractivity contribution in [2.75, 3.05) is 13.1 Å². The third-order valence-corrected chi connectivity index (χ3v) is 6.28. The monoisotopic (exact) mass is 315 g/mol. The lowest BCUT2D eigenvalue weighted by molar-refractivity contribution is -0.850. The Morgan fingerprint density at radius 2 is 2.00 bits per heavy atom. The first-order chi connectivity index (χ1) is 11.1. The Hall–Kier alpha value is -1.70. The Labute approximate surface area is 133 Å². The molecule has 120 valence electrons. The Morgan fingerprint density at radius 3 is 2.78 bits per heavy atom. The molecule has 4 aliphatic heterocycles. The number of ether oxygens (including phenoxy) is 1. The standard InChI is InChI=1S/C16H18BNO5/c19-12-9-18-8-4-7-11(18)13(12)16(20)23-17(18,21)15-14(22-15)10-5-2-1-3-6-10/h1-3,5-6,11,13-15,21H,4,7-9H2/t11-,13-,14?,15?,17?,18?/m0/s1. The highest BCUT2D eigenvalue weighted by atomic mass is 16.7. The average molecular weight is 315 g/mol. The molecule has 23 heavy (non-hydrogen) atoms. The molecule has 6 atom stereocenters. The lowest BCUT2D eigenvalue weighted by Crippen LogP contribution is -2.77. The molecule has 4 fully saturated rings. The van der Waals surface area contributed by atoms with Gasteiger partial charge in [-0.2, -0.15) is 0 Å². The highest BCUT2D eigenvalue weighted by Crippen LogP contribution is 2.54. The minimum absolute atomic E-state index is 0.0885. The second-order valence-corrected chi connectivity index (χ2v) is 7.27. The lowest BCUT2D eigenvalue weighted by atomic mass is 9.59. The van der Waals surface area contributed by atoms with E-state index in [0.29, 0.717) is 6.54 Å². The van der Waals surface area contributed by atoms with Gasteiger partial charge in [0.2, 0.25) is 5.78 Å². The molecule has 4 heterocycles. The van der Waals surface area contributed by atoms with E-state index in [1.54, 1.807) is 0 Å². The largest absolute Gasteiger partial charge is 0.613 e. The van der Waals surface area contributed by atoms with Crippen LogP contribution in [0.3, 0.4) is 0 Å². The van der Waals surface area contributed by atoms with Gasteiger partial charge in [-0.05, 0) is 12.0 Å². The van der Waals surface area contributed by atoms with Crippen LogP contribution in [0.5, 0.6) is 0 Å². The first-order valence-corrected chi connectivity index (χ1v) is 8.27. The number of hydrogen-bond donors (Lipinski definition) is 1. The SMILES string of the molecule is O=C1C[N+]23CCC[C@H]2[C@@H]1C(=O)O[B-]3(O)C1OC1c1ccccc1. The second-order valence-electron chi connectivity index (χ2n) is 7.27. The fraction of sp³-hybridized carbons (Fsp3) is 0.500. The summed E-state index contributed by atoms with van der Waals surface area (Å²) >= 11 is 0. The van der Waals surface area contributed by atoms with Crippen LogP contribution in [0.25, 0.3) is 0 Å². The molecule has 4 saturated heterocycles. The number of rotatable bonds is 2. The summed E-state index contributed by atoms with van der Waals surface area (Å²) in [7, 11) is 0. The van der Waals surface area contributed by atoms with E-state index in [4.69, 9.17) is 9.39 Å². The molecule has 0 radical (unpaired) electrons. The fourth-order valence-corrected chi connectivity index (χ4v) is 5.23. The van der Waals surface area contributed by atoms with Crippen molar-refractivity contribution in [1.29, 1.82) is 0 Å². The molecule has 0 aliphatic carbocycles. The predicted molar refractivity (Wildman–Crippen MR) is 79.6 cm³/mol. The van der Waals surface area contributed by atoms with E-state index < -0.39 is 24.6 Å². The quantitative estimate of drug-likeness (QED) is 0.484. The maximum atomic E-state index is 12.3. The summed E-state index contributed by atoms with van der Waals surface area (Å²) in [6.07, 6.45) is 1.42. The van der Waals surface area contributed by atoms with Crippen LogP contribution in [-0.2, 0) is 19.0 Å². The van der Waals surface area contributed by atoms with Crippen LogP contribution in [-0.4, -0.2) is 53.0 Å². The molecule has 6 nitrogen and oxygen atoms in total. The molecule has 4 unspecified atom stereocenters. The Balaban J connectivity index is 1.55. The van der Waals surface area contributed by atoms with E-state index in [2.05, 4.69) is 0 Å². The summed E-state index contributed by atoms with van der Waals surface area (Å²) in [5.74, 6) is -1.33. The van der Waals surface area contributed by atoms with Gasteiger partial charge in [-0.25, -0.2) is 0 Å². The van der Waals surface area contributed by atoms with Crippen LogP contribution in [0.1, 0.15) is 24.5 Å². The zero-order valence-electron chi connectivity index (χ0n) is 12.6. The number of ketones is 1. The van der Waals surface area contributed by atoms with E-state index in [1.807, 2.05) is 30.3 Å². The number of Topliss-reactive ketones (excluding diaryl/α,β-unsaturated/α-hetero) is 1. The maximum Gasteiger partial charge on any atom is 0.556 e. The molecule has 5 rings (SSSR count). The van der Waals surface area contributed by atoms with Crippen molar-refractivity contribution in [3.05, 3.63) is 35.9 Å². The summed E-state index contributed by atoms with van der Waals surface area (Å²) in [6, 6.07) is 8.95. The van der Waals surface area contributed by atoms with Gasteiger partial charge in [-0.1, -0.05) is 30.3 Å². The number of quaternary nitrogens is 1. The summed E-state index contributed by atoms with van der Waals surface area (Å²) in [6.45, 7) is -1.69. The molecular formula is C16H18BNO5. The van der Waals surface area contributed by atoms with Crippen LogP contribution >= 0.6 is 0 Å². The van der Waals surface area contributed by atoms with Gasteiger partial charge in [-0.15, -0.1) is 0 Å². The summed E-state index contributed by atoms with van der Waals surface area (Å²) in [5, 5.41) is 11.4. The highest BCUT2D eigenvalue weighted by molar-refractivity contribution is 6.64. The van der Waals surface area contributed by atoms with Gasteiger partial charge in [0.05, 0.1) is 18.1 Å². The Bertz CT molecular complexity index is 712. The Kier molecular flexibility index (Phi) is 2.52. The molecule has 1 N–H and O–H groups in total. The highest BCUT2D eigenvalue weighted by Gasteiger charge is 2.76. The molecule has 0 amide bonds. The van der Waals surface area contributed by atoms with Crippen molar-refractivity contribution in [2.45, 2.75) is 31.0 Å². The molecule has 1 aromatic carbocycles. The minimum Gasteiger partial charge on any atom is -0.613 e. The van der Waals surface area contributed by atoms with Gasteiger partial charge in [0.25, 0.3) is 5.97 Å². The van der Waals surface area contributed by atoms with Crippen molar-refractivity contribution >= 4 is 18.4 Å². The molecule has 0 aromatic heterocycles. The number of epoxide rings is 1. The van der Waals surface area contributed by atoms with Crippen molar-refractivity contribution < 1.29 is 28.4 Å². The number of hydrogen-bond acceptors (Lipinski definition) is 5. The molecule has 0 spiro atoms. The van der Waals surface area contributed by atoms with Crippen LogP contribution in [0.4, 0.5) is 0 Å². The smallest absolute Gasteiger partial charge is 0.556 e. The Morgan fingerprint density at radius 1 is 1.22 bits per heavy atom. The number of benzene rings is 1. The lowest BCUT2D eigenvalue weighted by Gasteiger charge is -2.55. The molecule has 7 heteroatoms. The molecule has 1 aromatic rings. The van der Waals surface area contributed by atoms with Gasteiger partial charge < -0.3 is 18.8 Å². The van der Waals surface area contributed by atoms with Crippen molar-refractivity contribution in [1.82, 2.24) is 0 Å². The van der Waals surface area contributed by atoms with Crippen LogP contribution in [0, 0.1) is 5.92 Å². The van der Waals surface area contributed by atoms with Crippen LogP contribution in [0.2, 0.25) is 0 Å².